The molecule has 0 aromatic rings. The molecule has 1 saturated heterocycles. The van der Waals surface area contributed by atoms with Gasteiger partial charge in [-0.2, -0.15) is 0 Å². The molecule has 0 radical (unpaired) electrons. The molecule has 0 unspecified atom stereocenters. The highest BCUT2D eigenvalue weighted by atomic mass is 16.5. The lowest BCUT2D eigenvalue weighted by Crippen LogP contribution is -2.31. The van der Waals surface area contributed by atoms with Gasteiger partial charge in [0.25, 0.3) is 0 Å². The van der Waals surface area contributed by atoms with Crippen LogP contribution in [0.2, 0.25) is 0 Å². The van der Waals surface area contributed by atoms with Gasteiger partial charge in [-0.1, -0.05) is 13.8 Å². The molecule has 4 heteroatoms. The molecule has 1 amide bonds. The third kappa shape index (κ3) is 5.62. The van der Waals surface area contributed by atoms with Crippen LogP contribution >= 0.6 is 0 Å². The van der Waals surface area contributed by atoms with Crippen LogP contribution in [0.4, 0.5) is 4.79 Å². The van der Waals surface area contributed by atoms with Gasteiger partial charge in [0.2, 0.25) is 0 Å². The molecule has 0 spiro atoms. The van der Waals surface area contributed by atoms with E-state index in [4.69, 9.17) is 4.74 Å². The zero-order chi connectivity index (χ0) is 11.1. The Kier molecular flexibility index (Phi) is 5.47. The molecule has 0 bridgehead atoms. The summed E-state index contributed by atoms with van der Waals surface area (Å²) in [4.78, 5) is 11.2. The molecular formula is C11H22N2O2. The highest BCUT2D eigenvalue weighted by molar-refractivity contribution is 5.67. The second kappa shape index (κ2) is 6.67. The second-order valence-corrected chi connectivity index (χ2v) is 4.50. The van der Waals surface area contributed by atoms with E-state index >= 15 is 0 Å². The van der Waals surface area contributed by atoms with Crippen molar-refractivity contribution in [1.29, 1.82) is 0 Å². The molecular weight excluding hydrogens is 192 g/mol. The van der Waals surface area contributed by atoms with Crippen LogP contribution in [-0.4, -0.2) is 31.8 Å². The van der Waals surface area contributed by atoms with Crippen LogP contribution < -0.4 is 10.6 Å². The molecule has 88 valence electrons. The minimum absolute atomic E-state index is 0.290. The van der Waals surface area contributed by atoms with Crippen LogP contribution in [0.3, 0.4) is 0 Å². The Balaban J connectivity index is 1.96. The lowest BCUT2D eigenvalue weighted by molar-refractivity contribution is 0.132. The lowest BCUT2D eigenvalue weighted by Gasteiger charge is -2.11. The predicted octanol–water partition coefficient (Wildman–Crippen LogP) is 1.51. The van der Waals surface area contributed by atoms with E-state index in [0.717, 1.165) is 13.0 Å². The number of carbonyl (C=O) groups excluding carboxylic acids is 1. The normalized spacial score (nSPS) is 20.6. The maximum absolute atomic E-state index is 11.2. The quantitative estimate of drug-likeness (QED) is 0.729. The first kappa shape index (κ1) is 12.3. The summed E-state index contributed by atoms with van der Waals surface area (Å²) in [6.07, 6.45) is 3.18. The number of hydrogen-bond acceptors (Lipinski definition) is 3. The molecule has 1 aliphatic heterocycles. The van der Waals surface area contributed by atoms with Gasteiger partial charge < -0.3 is 15.4 Å². The van der Waals surface area contributed by atoms with E-state index in [9.17, 15) is 4.79 Å². The summed E-state index contributed by atoms with van der Waals surface area (Å²) in [6, 6.07) is 0.579. The standard InChI is InChI=1S/C11H22N2O2/c1-9(2)8-15-11(14)13-7-5-10-4-3-6-12-10/h9-10,12H,3-8H2,1-2H3,(H,13,14)/t10-/m1/s1. The third-order valence-electron chi connectivity index (χ3n) is 2.47. The second-order valence-electron chi connectivity index (χ2n) is 4.50. The van der Waals surface area contributed by atoms with Crippen LogP contribution in [0, 0.1) is 5.92 Å². The number of ether oxygens (including phenoxy) is 1. The van der Waals surface area contributed by atoms with E-state index in [1.165, 1.54) is 12.8 Å². The SMILES string of the molecule is CC(C)COC(=O)NCC[C@H]1CCCN1. The van der Waals surface area contributed by atoms with Gasteiger partial charge in [-0.3, -0.25) is 0 Å². The van der Waals surface area contributed by atoms with Gasteiger partial charge >= 0.3 is 6.09 Å². The minimum atomic E-state index is -0.290. The summed E-state index contributed by atoms with van der Waals surface area (Å²) in [5.41, 5.74) is 0. The summed E-state index contributed by atoms with van der Waals surface area (Å²) in [7, 11) is 0. The third-order valence-corrected chi connectivity index (χ3v) is 2.47. The van der Waals surface area contributed by atoms with Crippen LogP contribution in [-0.2, 0) is 4.74 Å². The Morgan fingerprint density at radius 1 is 1.60 bits per heavy atom. The fraction of sp³-hybridized carbons (Fsp3) is 0.909. The Morgan fingerprint density at radius 2 is 2.40 bits per heavy atom. The smallest absolute Gasteiger partial charge is 0.407 e. The van der Waals surface area contributed by atoms with Gasteiger partial charge in [-0.15, -0.1) is 0 Å². The molecule has 0 saturated carbocycles. The van der Waals surface area contributed by atoms with E-state index in [2.05, 4.69) is 10.6 Å². The predicted molar refractivity (Wildman–Crippen MR) is 59.8 cm³/mol. The molecule has 1 rings (SSSR count). The number of hydrogen-bond donors (Lipinski definition) is 2. The van der Waals surface area contributed by atoms with Crippen molar-refractivity contribution in [2.45, 2.75) is 39.2 Å². The van der Waals surface area contributed by atoms with E-state index in [-0.39, 0.29) is 6.09 Å². The molecule has 15 heavy (non-hydrogen) atoms. The van der Waals surface area contributed by atoms with Gasteiger partial charge in [0.05, 0.1) is 6.61 Å². The van der Waals surface area contributed by atoms with Crippen LogP contribution in [0.15, 0.2) is 0 Å². The van der Waals surface area contributed by atoms with E-state index in [0.29, 0.717) is 25.1 Å². The molecule has 0 aliphatic carbocycles. The molecule has 2 N–H and O–H groups in total. The number of nitrogens with one attached hydrogen (secondary N) is 2. The molecule has 1 fully saturated rings. The van der Waals surface area contributed by atoms with Crippen molar-refractivity contribution in [3.8, 4) is 0 Å². The molecule has 1 aliphatic rings. The van der Waals surface area contributed by atoms with Crippen molar-refractivity contribution in [3.63, 3.8) is 0 Å². The highest BCUT2D eigenvalue weighted by Crippen LogP contribution is 2.07. The highest BCUT2D eigenvalue weighted by Gasteiger charge is 2.13. The number of rotatable bonds is 5. The van der Waals surface area contributed by atoms with Crippen molar-refractivity contribution in [2.75, 3.05) is 19.7 Å². The summed E-state index contributed by atoms with van der Waals surface area (Å²) in [5, 5.41) is 6.15. The Bertz CT molecular complexity index is 189. The van der Waals surface area contributed by atoms with Gasteiger partial charge in [0.1, 0.15) is 0 Å². The van der Waals surface area contributed by atoms with E-state index < -0.39 is 0 Å². The van der Waals surface area contributed by atoms with Crippen molar-refractivity contribution < 1.29 is 9.53 Å². The van der Waals surface area contributed by atoms with E-state index in [1.807, 2.05) is 13.8 Å². The van der Waals surface area contributed by atoms with Crippen molar-refractivity contribution in [1.82, 2.24) is 10.6 Å². The summed E-state index contributed by atoms with van der Waals surface area (Å²) >= 11 is 0. The zero-order valence-electron chi connectivity index (χ0n) is 9.71. The van der Waals surface area contributed by atoms with E-state index in [1.54, 1.807) is 0 Å². The molecule has 0 aromatic carbocycles. The lowest BCUT2D eigenvalue weighted by atomic mass is 10.2. The topological polar surface area (TPSA) is 50.4 Å². The summed E-state index contributed by atoms with van der Waals surface area (Å²) in [6.45, 7) is 6.36. The first-order valence-corrected chi connectivity index (χ1v) is 5.82. The Labute approximate surface area is 91.8 Å². The maximum Gasteiger partial charge on any atom is 0.407 e. The number of alkyl carbamates (subject to hydrolysis) is 1. The average Bonchev–Trinajstić information content (AvgIpc) is 2.67. The van der Waals surface area contributed by atoms with Crippen LogP contribution in [0.5, 0.6) is 0 Å². The maximum atomic E-state index is 11.2. The first-order valence-electron chi connectivity index (χ1n) is 5.82. The Morgan fingerprint density at radius 3 is 3.00 bits per heavy atom. The first-order chi connectivity index (χ1) is 7.18. The summed E-state index contributed by atoms with van der Waals surface area (Å²) < 4.78 is 5.00. The monoisotopic (exact) mass is 214 g/mol. The minimum Gasteiger partial charge on any atom is -0.449 e. The Hall–Kier alpha value is -0.770. The fourth-order valence-electron chi connectivity index (χ4n) is 1.64. The molecule has 1 atom stereocenters. The van der Waals surface area contributed by atoms with Crippen molar-refractivity contribution >= 4 is 6.09 Å². The number of carbonyl (C=O) groups is 1. The van der Waals surface area contributed by atoms with Crippen molar-refractivity contribution in [3.05, 3.63) is 0 Å². The van der Waals surface area contributed by atoms with Crippen LogP contribution in [0.25, 0.3) is 0 Å². The van der Waals surface area contributed by atoms with Gasteiger partial charge in [0.15, 0.2) is 0 Å². The van der Waals surface area contributed by atoms with Gasteiger partial charge in [-0.25, -0.2) is 4.79 Å². The average molecular weight is 214 g/mol. The molecule has 0 aromatic heterocycles. The number of amides is 1. The van der Waals surface area contributed by atoms with Crippen molar-refractivity contribution in [2.24, 2.45) is 5.92 Å². The fourth-order valence-corrected chi connectivity index (χ4v) is 1.64. The molecule has 4 nitrogen and oxygen atoms in total. The van der Waals surface area contributed by atoms with Crippen LogP contribution in [0.1, 0.15) is 33.1 Å². The molecule has 1 heterocycles. The zero-order valence-corrected chi connectivity index (χ0v) is 9.71. The largest absolute Gasteiger partial charge is 0.449 e. The van der Waals surface area contributed by atoms with Gasteiger partial charge in [0, 0.05) is 12.6 Å². The summed E-state index contributed by atoms with van der Waals surface area (Å²) in [5.74, 6) is 0.396. The van der Waals surface area contributed by atoms with Gasteiger partial charge in [-0.05, 0) is 31.7 Å².